The van der Waals surface area contributed by atoms with Crippen molar-refractivity contribution in [1.29, 1.82) is 0 Å². The number of aromatic nitrogens is 1. The molecule has 0 atom stereocenters. The lowest BCUT2D eigenvalue weighted by Gasteiger charge is -2.05. The van der Waals surface area contributed by atoms with Crippen LogP contribution in [0.25, 0.3) is 11.1 Å². The maximum absolute atomic E-state index is 10.8. The summed E-state index contributed by atoms with van der Waals surface area (Å²) in [7, 11) is 0. The highest BCUT2D eigenvalue weighted by Gasteiger charge is 2.08. The first-order chi connectivity index (χ1) is 8.60. The van der Waals surface area contributed by atoms with Crippen LogP contribution in [0.2, 0.25) is 0 Å². The normalized spacial score (nSPS) is 10.3. The van der Waals surface area contributed by atoms with Crippen molar-refractivity contribution < 1.29 is 4.92 Å². The monoisotopic (exact) mass is 242 g/mol. The van der Waals surface area contributed by atoms with Gasteiger partial charge in [0.25, 0.3) is 5.69 Å². The van der Waals surface area contributed by atoms with Crippen LogP contribution in [0.4, 0.5) is 5.69 Å². The number of nitro benzene ring substituents is 1. The second kappa shape index (κ2) is 4.96. The van der Waals surface area contributed by atoms with Crippen LogP contribution in [0, 0.1) is 17.0 Å². The van der Waals surface area contributed by atoms with E-state index < -0.39 is 0 Å². The molecule has 1 aromatic carbocycles. The zero-order valence-electron chi connectivity index (χ0n) is 10.4. The number of non-ortho nitro benzene ring substituents is 1. The molecule has 0 aliphatic heterocycles. The molecule has 0 radical (unpaired) electrons. The number of benzene rings is 1. The summed E-state index contributed by atoms with van der Waals surface area (Å²) in [6, 6.07) is 10.6. The van der Waals surface area contributed by atoms with E-state index in [2.05, 4.69) is 4.98 Å². The fourth-order valence-corrected chi connectivity index (χ4v) is 1.88. The van der Waals surface area contributed by atoms with Gasteiger partial charge >= 0.3 is 0 Å². The first-order valence-electron chi connectivity index (χ1n) is 5.82. The maximum atomic E-state index is 10.8. The molecule has 0 saturated heterocycles. The average Bonchev–Trinajstić information content (AvgIpc) is 2.38. The van der Waals surface area contributed by atoms with Crippen LogP contribution in [0.15, 0.2) is 36.4 Å². The maximum Gasteiger partial charge on any atom is 0.270 e. The molecule has 0 unspecified atom stereocenters. The third-order valence-corrected chi connectivity index (χ3v) is 2.76. The second-order valence-electron chi connectivity index (χ2n) is 4.15. The summed E-state index contributed by atoms with van der Waals surface area (Å²) < 4.78 is 0. The zero-order valence-corrected chi connectivity index (χ0v) is 10.4. The minimum Gasteiger partial charge on any atom is -0.258 e. The van der Waals surface area contributed by atoms with Gasteiger partial charge in [0.15, 0.2) is 0 Å². The van der Waals surface area contributed by atoms with Gasteiger partial charge in [-0.3, -0.25) is 15.1 Å². The first kappa shape index (κ1) is 12.2. The van der Waals surface area contributed by atoms with Gasteiger partial charge in [-0.25, -0.2) is 0 Å². The number of hydrogen-bond acceptors (Lipinski definition) is 3. The molecule has 0 fully saturated rings. The molecule has 0 spiro atoms. The molecule has 0 saturated carbocycles. The highest BCUT2D eigenvalue weighted by atomic mass is 16.6. The minimum atomic E-state index is -0.377. The molecule has 2 rings (SSSR count). The molecule has 0 N–H and O–H groups in total. The van der Waals surface area contributed by atoms with E-state index in [-0.39, 0.29) is 10.6 Å². The predicted octanol–water partition coefficient (Wildman–Crippen LogP) is 3.53. The van der Waals surface area contributed by atoms with Crippen molar-refractivity contribution in [2.75, 3.05) is 0 Å². The van der Waals surface area contributed by atoms with Gasteiger partial charge in [-0.1, -0.05) is 19.1 Å². The molecule has 4 heteroatoms. The van der Waals surface area contributed by atoms with Crippen LogP contribution in [0.5, 0.6) is 0 Å². The Morgan fingerprint density at radius 2 is 2.00 bits per heavy atom. The smallest absolute Gasteiger partial charge is 0.258 e. The number of nitro groups is 1. The molecule has 0 amide bonds. The number of hydrogen-bond donors (Lipinski definition) is 0. The third kappa shape index (κ3) is 2.53. The van der Waals surface area contributed by atoms with Gasteiger partial charge in [-0.2, -0.15) is 0 Å². The Morgan fingerprint density at radius 3 is 2.67 bits per heavy atom. The van der Waals surface area contributed by atoms with Crippen LogP contribution < -0.4 is 0 Å². The standard InChI is InChI=1S/C14H14N2O2/c1-3-13-8-12(7-10(2)15-13)11-5-4-6-14(9-11)16(17)18/h4-9H,3H2,1-2H3. The lowest BCUT2D eigenvalue weighted by atomic mass is 10.0. The Balaban J connectivity index is 2.51. The summed E-state index contributed by atoms with van der Waals surface area (Å²) in [6.45, 7) is 3.97. The first-order valence-corrected chi connectivity index (χ1v) is 5.82. The van der Waals surface area contributed by atoms with Gasteiger partial charge in [0.05, 0.1) is 4.92 Å². The Bertz CT molecular complexity index is 594. The molecule has 1 heterocycles. The van der Waals surface area contributed by atoms with Crippen molar-refractivity contribution in [2.24, 2.45) is 0 Å². The topological polar surface area (TPSA) is 56.0 Å². The number of nitrogens with zero attached hydrogens (tertiary/aromatic N) is 2. The Hall–Kier alpha value is -2.23. The highest BCUT2D eigenvalue weighted by Crippen LogP contribution is 2.24. The number of pyridine rings is 1. The fourth-order valence-electron chi connectivity index (χ4n) is 1.88. The van der Waals surface area contributed by atoms with Crippen molar-refractivity contribution in [3.63, 3.8) is 0 Å². The van der Waals surface area contributed by atoms with Crippen molar-refractivity contribution in [3.05, 3.63) is 57.9 Å². The van der Waals surface area contributed by atoms with E-state index in [1.165, 1.54) is 6.07 Å². The summed E-state index contributed by atoms with van der Waals surface area (Å²) in [5.74, 6) is 0. The summed E-state index contributed by atoms with van der Waals surface area (Å²) in [5, 5.41) is 10.8. The van der Waals surface area contributed by atoms with Crippen LogP contribution in [-0.4, -0.2) is 9.91 Å². The summed E-state index contributed by atoms with van der Waals surface area (Å²) in [5.41, 5.74) is 3.86. The Morgan fingerprint density at radius 1 is 1.22 bits per heavy atom. The van der Waals surface area contributed by atoms with Gasteiger partial charge in [-0.05, 0) is 36.6 Å². The Labute approximate surface area is 105 Å². The quantitative estimate of drug-likeness (QED) is 0.611. The Kier molecular flexibility index (Phi) is 3.37. The second-order valence-corrected chi connectivity index (χ2v) is 4.15. The molecule has 0 bridgehead atoms. The molecule has 0 aliphatic carbocycles. The molecule has 0 aliphatic rings. The van der Waals surface area contributed by atoms with Crippen LogP contribution >= 0.6 is 0 Å². The van der Waals surface area contributed by atoms with Crippen molar-refractivity contribution >= 4 is 5.69 Å². The minimum absolute atomic E-state index is 0.111. The van der Waals surface area contributed by atoms with Crippen LogP contribution in [0.1, 0.15) is 18.3 Å². The predicted molar refractivity (Wildman–Crippen MR) is 70.4 cm³/mol. The van der Waals surface area contributed by atoms with Gasteiger partial charge in [0.1, 0.15) is 0 Å². The van der Waals surface area contributed by atoms with E-state index in [9.17, 15) is 10.1 Å². The molecule has 2 aromatic rings. The third-order valence-electron chi connectivity index (χ3n) is 2.76. The molecule has 18 heavy (non-hydrogen) atoms. The lowest BCUT2D eigenvalue weighted by molar-refractivity contribution is -0.384. The molecular formula is C14H14N2O2. The zero-order chi connectivity index (χ0) is 13.1. The van der Waals surface area contributed by atoms with Crippen LogP contribution in [0.3, 0.4) is 0 Å². The molecular weight excluding hydrogens is 228 g/mol. The highest BCUT2D eigenvalue weighted by molar-refractivity contribution is 5.66. The van der Waals surface area contributed by atoms with Crippen molar-refractivity contribution in [3.8, 4) is 11.1 Å². The van der Waals surface area contributed by atoms with E-state index in [1.807, 2.05) is 32.0 Å². The van der Waals surface area contributed by atoms with E-state index >= 15 is 0 Å². The summed E-state index contributed by atoms with van der Waals surface area (Å²) in [4.78, 5) is 14.8. The van der Waals surface area contributed by atoms with E-state index in [0.717, 1.165) is 28.9 Å². The van der Waals surface area contributed by atoms with Crippen molar-refractivity contribution in [1.82, 2.24) is 4.98 Å². The fraction of sp³-hybridized carbons (Fsp3) is 0.214. The SMILES string of the molecule is CCc1cc(-c2cccc([N+](=O)[O-])c2)cc(C)n1. The van der Waals surface area contributed by atoms with Crippen molar-refractivity contribution in [2.45, 2.75) is 20.3 Å². The largest absolute Gasteiger partial charge is 0.270 e. The molecule has 1 aromatic heterocycles. The summed E-state index contributed by atoms with van der Waals surface area (Å²) in [6.07, 6.45) is 0.851. The van der Waals surface area contributed by atoms with E-state index in [4.69, 9.17) is 0 Å². The molecule has 92 valence electrons. The van der Waals surface area contributed by atoms with Gasteiger partial charge in [-0.15, -0.1) is 0 Å². The van der Waals surface area contributed by atoms with Gasteiger partial charge in [0, 0.05) is 23.5 Å². The van der Waals surface area contributed by atoms with Gasteiger partial charge < -0.3 is 0 Å². The number of aryl methyl sites for hydroxylation is 2. The van der Waals surface area contributed by atoms with E-state index in [0.29, 0.717) is 0 Å². The lowest BCUT2D eigenvalue weighted by Crippen LogP contribution is -1.93. The van der Waals surface area contributed by atoms with Crippen LogP contribution in [-0.2, 0) is 6.42 Å². The number of rotatable bonds is 3. The average molecular weight is 242 g/mol. The van der Waals surface area contributed by atoms with Gasteiger partial charge in [0.2, 0.25) is 0 Å². The van der Waals surface area contributed by atoms with E-state index in [1.54, 1.807) is 12.1 Å². The summed E-state index contributed by atoms with van der Waals surface area (Å²) >= 11 is 0. The molecule has 4 nitrogen and oxygen atoms in total.